The fourth-order valence-corrected chi connectivity index (χ4v) is 0.324. The van der Waals surface area contributed by atoms with Crippen LogP contribution < -0.4 is 0 Å². The summed E-state index contributed by atoms with van der Waals surface area (Å²) in [4.78, 5) is 9.53. The number of hydrogen-bond donors (Lipinski definition) is 1. The van der Waals surface area contributed by atoms with E-state index in [-0.39, 0.29) is 6.61 Å². The first-order valence-electron chi connectivity index (χ1n) is 2.52. The van der Waals surface area contributed by atoms with E-state index in [0.717, 1.165) is 0 Å². The minimum Gasteiger partial charge on any atom is -0.396 e. The van der Waals surface area contributed by atoms with Crippen molar-refractivity contribution >= 4 is 6.29 Å². The Kier molecular flexibility index (Phi) is 5.87. The summed E-state index contributed by atoms with van der Waals surface area (Å²) in [5.74, 6) is 0. The quantitative estimate of drug-likeness (QED) is 0.536. The molecule has 0 heterocycles. The summed E-state index contributed by atoms with van der Waals surface area (Å²) in [5.41, 5.74) is 0. The SMILES string of the molecule is O=[C]C/C=C/CCO. The third kappa shape index (κ3) is 5.37. The summed E-state index contributed by atoms with van der Waals surface area (Å²) >= 11 is 0. The predicted octanol–water partition coefficient (Wildman–Crippen LogP) is 0.425. The third-order valence-corrected chi connectivity index (χ3v) is 0.664. The summed E-state index contributed by atoms with van der Waals surface area (Å²) in [6.45, 7) is 0.148. The van der Waals surface area contributed by atoms with Gasteiger partial charge in [0, 0.05) is 13.0 Å². The Hall–Kier alpha value is -0.630. The molecule has 0 aromatic rings. The highest BCUT2D eigenvalue weighted by Crippen LogP contribution is 1.81. The molecule has 0 aliphatic heterocycles. The van der Waals surface area contributed by atoms with Gasteiger partial charge in [-0.1, -0.05) is 12.2 Å². The fraction of sp³-hybridized carbons (Fsp3) is 0.500. The van der Waals surface area contributed by atoms with E-state index >= 15 is 0 Å². The standard InChI is InChI=1S/C6H9O2/c7-5-3-1-2-4-6-8/h1-2,7H,3-5H2/b2-1+. The lowest BCUT2D eigenvalue weighted by molar-refractivity contribution is 0.302. The van der Waals surface area contributed by atoms with Crippen molar-refractivity contribution in [2.75, 3.05) is 6.61 Å². The minimum absolute atomic E-state index is 0.148. The van der Waals surface area contributed by atoms with Crippen LogP contribution in [-0.4, -0.2) is 18.0 Å². The molecule has 0 unspecified atom stereocenters. The van der Waals surface area contributed by atoms with Crippen LogP contribution in [0.25, 0.3) is 0 Å². The van der Waals surface area contributed by atoms with Gasteiger partial charge in [-0.25, -0.2) is 0 Å². The van der Waals surface area contributed by atoms with Gasteiger partial charge in [0.25, 0.3) is 0 Å². The van der Waals surface area contributed by atoms with Crippen molar-refractivity contribution < 1.29 is 9.90 Å². The van der Waals surface area contributed by atoms with E-state index in [1.165, 1.54) is 0 Å². The van der Waals surface area contributed by atoms with E-state index < -0.39 is 0 Å². The molecular weight excluding hydrogens is 104 g/mol. The van der Waals surface area contributed by atoms with Gasteiger partial charge >= 0.3 is 0 Å². The molecule has 0 amide bonds. The molecule has 0 aliphatic carbocycles. The van der Waals surface area contributed by atoms with Gasteiger partial charge in [-0.3, -0.25) is 4.79 Å². The predicted molar refractivity (Wildman–Crippen MR) is 31.2 cm³/mol. The molecule has 8 heavy (non-hydrogen) atoms. The molecule has 0 aliphatic rings. The van der Waals surface area contributed by atoms with Crippen molar-refractivity contribution in [2.45, 2.75) is 12.8 Å². The maximum atomic E-state index is 9.53. The normalized spacial score (nSPS) is 10.1. The number of aliphatic hydroxyl groups excluding tert-OH is 1. The van der Waals surface area contributed by atoms with Gasteiger partial charge in [-0.05, 0) is 6.42 Å². The summed E-state index contributed by atoms with van der Waals surface area (Å²) in [6.07, 6.45) is 6.11. The molecule has 0 aromatic carbocycles. The molecule has 1 radical (unpaired) electrons. The second-order valence-corrected chi connectivity index (χ2v) is 1.33. The third-order valence-electron chi connectivity index (χ3n) is 0.664. The minimum atomic E-state index is 0.148. The van der Waals surface area contributed by atoms with Crippen LogP contribution >= 0.6 is 0 Å². The lowest BCUT2D eigenvalue weighted by Crippen LogP contribution is -1.75. The second-order valence-electron chi connectivity index (χ2n) is 1.33. The highest BCUT2D eigenvalue weighted by Gasteiger charge is 1.73. The largest absolute Gasteiger partial charge is 0.396 e. The van der Waals surface area contributed by atoms with Crippen LogP contribution in [0.2, 0.25) is 0 Å². The average molecular weight is 113 g/mol. The average Bonchev–Trinajstić information content (AvgIpc) is 1.81. The topological polar surface area (TPSA) is 37.3 Å². The summed E-state index contributed by atoms with van der Waals surface area (Å²) < 4.78 is 0. The van der Waals surface area contributed by atoms with Crippen LogP contribution in [0.3, 0.4) is 0 Å². The zero-order valence-electron chi connectivity index (χ0n) is 4.63. The molecule has 0 aromatic heterocycles. The molecule has 0 fully saturated rings. The maximum absolute atomic E-state index is 9.53. The van der Waals surface area contributed by atoms with Crippen LogP contribution in [0.15, 0.2) is 12.2 Å². The van der Waals surface area contributed by atoms with Crippen LogP contribution in [0, 0.1) is 0 Å². The fourth-order valence-electron chi connectivity index (χ4n) is 0.324. The van der Waals surface area contributed by atoms with Gasteiger partial charge in [-0.2, -0.15) is 0 Å². The van der Waals surface area contributed by atoms with Gasteiger partial charge in [0.15, 0.2) is 0 Å². The maximum Gasteiger partial charge on any atom is 0.202 e. The van der Waals surface area contributed by atoms with E-state index in [0.29, 0.717) is 12.8 Å². The Morgan fingerprint density at radius 3 is 2.75 bits per heavy atom. The number of hydrogen-bond acceptors (Lipinski definition) is 2. The van der Waals surface area contributed by atoms with E-state index in [2.05, 4.69) is 0 Å². The molecule has 1 N–H and O–H groups in total. The molecule has 0 saturated heterocycles. The highest BCUT2D eigenvalue weighted by molar-refractivity contribution is 5.52. The van der Waals surface area contributed by atoms with Gasteiger partial charge < -0.3 is 5.11 Å². The molecule has 0 saturated carbocycles. The smallest absolute Gasteiger partial charge is 0.202 e. The number of allylic oxidation sites excluding steroid dienone is 1. The lowest BCUT2D eigenvalue weighted by atomic mass is 10.3. The Labute approximate surface area is 48.8 Å². The van der Waals surface area contributed by atoms with Crippen molar-refractivity contribution in [3.63, 3.8) is 0 Å². The lowest BCUT2D eigenvalue weighted by Gasteiger charge is -1.79. The van der Waals surface area contributed by atoms with Crippen molar-refractivity contribution in [3.8, 4) is 0 Å². The first kappa shape index (κ1) is 7.37. The summed E-state index contributed by atoms with van der Waals surface area (Å²) in [7, 11) is 0. The van der Waals surface area contributed by atoms with Gasteiger partial charge in [0.1, 0.15) is 0 Å². The van der Waals surface area contributed by atoms with Crippen LogP contribution in [0.5, 0.6) is 0 Å². The molecule has 45 valence electrons. The Balaban J connectivity index is 2.94. The number of rotatable bonds is 4. The van der Waals surface area contributed by atoms with Gasteiger partial charge in [0.2, 0.25) is 6.29 Å². The molecule has 2 nitrogen and oxygen atoms in total. The van der Waals surface area contributed by atoms with Crippen LogP contribution in [0.1, 0.15) is 12.8 Å². The first-order valence-corrected chi connectivity index (χ1v) is 2.52. The van der Waals surface area contributed by atoms with E-state index in [4.69, 9.17) is 5.11 Å². The summed E-state index contributed by atoms with van der Waals surface area (Å²) in [5, 5.41) is 8.22. The van der Waals surface area contributed by atoms with E-state index in [9.17, 15) is 4.79 Å². The van der Waals surface area contributed by atoms with Crippen molar-refractivity contribution in [3.05, 3.63) is 12.2 Å². The van der Waals surface area contributed by atoms with Crippen LogP contribution in [0.4, 0.5) is 0 Å². The molecule has 0 atom stereocenters. The summed E-state index contributed by atoms with van der Waals surface area (Å²) in [6, 6.07) is 0. The molecule has 0 spiro atoms. The van der Waals surface area contributed by atoms with Crippen molar-refractivity contribution in [1.82, 2.24) is 0 Å². The van der Waals surface area contributed by atoms with E-state index in [1.807, 2.05) is 0 Å². The van der Waals surface area contributed by atoms with Crippen LogP contribution in [-0.2, 0) is 4.79 Å². The van der Waals surface area contributed by atoms with E-state index in [1.54, 1.807) is 18.4 Å². The zero-order chi connectivity index (χ0) is 6.24. The number of aliphatic hydroxyl groups is 1. The highest BCUT2D eigenvalue weighted by atomic mass is 16.2. The molecule has 0 bridgehead atoms. The van der Waals surface area contributed by atoms with Gasteiger partial charge in [-0.15, -0.1) is 0 Å². The van der Waals surface area contributed by atoms with Crippen molar-refractivity contribution in [2.24, 2.45) is 0 Å². The first-order chi connectivity index (χ1) is 3.91. The Morgan fingerprint density at radius 1 is 1.50 bits per heavy atom. The van der Waals surface area contributed by atoms with Crippen molar-refractivity contribution in [1.29, 1.82) is 0 Å². The number of carbonyl (C=O) groups excluding carboxylic acids is 1. The molecule has 0 rings (SSSR count). The zero-order valence-corrected chi connectivity index (χ0v) is 4.63. The Bertz CT molecular complexity index is 76.6. The monoisotopic (exact) mass is 113 g/mol. The van der Waals surface area contributed by atoms with Gasteiger partial charge in [0.05, 0.1) is 0 Å². The molecular formula is C6H9O2. The Morgan fingerprint density at radius 2 is 2.25 bits per heavy atom. The second kappa shape index (κ2) is 6.37. The molecule has 2 heteroatoms.